The van der Waals surface area contributed by atoms with Crippen LogP contribution in [0.5, 0.6) is 0 Å². The average Bonchev–Trinajstić information content (AvgIpc) is 2.86. The molecule has 0 saturated heterocycles. The molecule has 7 heteroatoms. The van der Waals surface area contributed by atoms with Gasteiger partial charge in [0, 0.05) is 39.6 Å². The molecule has 130 valence electrons. The van der Waals surface area contributed by atoms with Gasteiger partial charge in [0.25, 0.3) is 0 Å². The highest BCUT2D eigenvalue weighted by Crippen LogP contribution is 2.09. The first-order valence-electron chi connectivity index (χ1n) is 8.73. The number of aromatic nitrogens is 3. The van der Waals surface area contributed by atoms with Crippen molar-refractivity contribution in [3.63, 3.8) is 0 Å². The van der Waals surface area contributed by atoms with Gasteiger partial charge >= 0.3 is 5.69 Å². The van der Waals surface area contributed by atoms with Crippen LogP contribution in [-0.2, 0) is 19.5 Å². The minimum atomic E-state index is 0.0409. The highest BCUT2D eigenvalue weighted by molar-refractivity contribution is 5.79. The van der Waals surface area contributed by atoms with Gasteiger partial charge in [0.05, 0.1) is 0 Å². The maximum atomic E-state index is 12.2. The lowest BCUT2D eigenvalue weighted by molar-refractivity contribution is 0.509. The number of nitrogens with zero attached hydrogens (tertiary/aromatic N) is 4. The largest absolute Gasteiger partial charge is 0.356 e. The van der Waals surface area contributed by atoms with Crippen LogP contribution in [0.25, 0.3) is 0 Å². The van der Waals surface area contributed by atoms with Gasteiger partial charge in [-0.15, -0.1) is 0 Å². The number of aryl methyl sites for hydroxylation is 2. The molecular weight excluding hydrogens is 292 g/mol. The molecule has 1 aliphatic heterocycles. The molecule has 2 N–H and O–H groups in total. The van der Waals surface area contributed by atoms with E-state index in [9.17, 15) is 4.79 Å². The second-order valence-electron chi connectivity index (χ2n) is 6.49. The van der Waals surface area contributed by atoms with Crippen molar-refractivity contribution in [2.24, 2.45) is 10.9 Å². The molecular formula is C16H30N6O. The van der Waals surface area contributed by atoms with Crippen molar-refractivity contribution in [3.05, 3.63) is 16.3 Å². The van der Waals surface area contributed by atoms with Crippen LogP contribution in [0.3, 0.4) is 0 Å². The number of hydrogen-bond donors (Lipinski definition) is 2. The SMILES string of the molecule is CN=C(NCCCn1nc2n(c1=O)CCCC2)NCCC(C)C. The van der Waals surface area contributed by atoms with Crippen molar-refractivity contribution < 1.29 is 0 Å². The summed E-state index contributed by atoms with van der Waals surface area (Å²) in [5, 5.41) is 11.0. The van der Waals surface area contributed by atoms with E-state index in [2.05, 4.69) is 34.6 Å². The molecule has 2 rings (SSSR count). The van der Waals surface area contributed by atoms with Gasteiger partial charge < -0.3 is 10.6 Å². The minimum Gasteiger partial charge on any atom is -0.356 e. The second-order valence-corrected chi connectivity index (χ2v) is 6.49. The van der Waals surface area contributed by atoms with Crippen LogP contribution < -0.4 is 16.3 Å². The van der Waals surface area contributed by atoms with E-state index < -0.39 is 0 Å². The Labute approximate surface area is 138 Å². The van der Waals surface area contributed by atoms with Gasteiger partial charge in [0.15, 0.2) is 5.96 Å². The number of guanidine groups is 1. The number of hydrogen-bond acceptors (Lipinski definition) is 3. The Morgan fingerprint density at radius 1 is 1.30 bits per heavy atom. The lowest BCUT2D eigenvalue weighted by Crippen LogP contribution is -2.39. The standard InChI is InChI=1S/C16H30N6O/c1-13(2)8-10-19-15(17-3)18-9-6-12-22-16(23)21-11-5-4-7-14(21)20-22/h13H,4-12H2,1-3H3,(H2,17,18,19). The zero-order valence-electron chi connectivity index (χ0n) is 14.6. The minimum absolute atomic E-state index is 0.0409. The first-order chi connectivity index (χ1) is 11.1. The Morgan fingerprint density at radius 2 is 2.09 bits per heavy atom. The molecule has 2 heterocycles. The fraction of sp³-hybridized carbons (Fsp3) is 0.812. The van der Waals surface area contributed by atoms with E-state index in [-0.39, 0.29) is 5.69 Å². The van der Waals surface area contributed by atoms with Crippen molar-refractivity contribution >= 4 is 5.96 Å². The van der Waals surface area contributed by atoms with Gasteiger partial charge in [0.1, 0.15) is 5.82 Å². The summed E-state index contributed by atoms with van der Waals surface area (Å²) in [6, 6.07) is 0. The number of nitrogens with one attached hydrogen (secondary N) is 2. The highest BCUT2D eigenvalue weighted by atomic mass is 16.2. The van der Waals surface area contributed by atoms with E-state index in [1.807, 2.05) is 4.57 Å². The molecule has 1 aromatic heterocycles. The Bertz CT molecular complexity index is 572. The Morgan fingerprint density at radius 3 is 2.78 bits per heavy atom. The molecule has 0 amide bonds. The van der Waals surface area contributed by atoms with Gasteiger partial charge in [-0.2, -0.15) is 5.10 Å². The van der Waals surface area contributed by atoms with Crippen LogP contribution in [0.15, 0.2) is 9.79 Å². The third-order valence-corrected chi connectivity index (χ3v) is 4.11. The van der Waals surface area contributed by atoms with Crippen molar-refractivity contribution in [1.29, 1.82) is 0 Å². The molecule has 1 aliphatic rings. The third kappa shape index (κ3) is 5.11. The van der Waals surface area contributed by atoms with Crippen LogP contribution in [0.1, 0.15) is 45.4 Å². The Kier molecular flexibility index (Phi) is 6.67. The van der Waals surface area contributed by atoms with Crippen molar-refractivity contribution in [2.75, 3.05) is 20.1 Å². The van der Waals surface area contributed by atoms with Crippen LogP contribution in [-0.4, -0.2) is 40.4 Å². The maximum Gasteiger partial charge on any atom is 0.345 e. The number of fused-ring (bicyclic) bond motifs is 1. The fourth-order valence-electron chi connectivity index (χ4n) is 2.73. The molecule has 1 aromatic rings. The summed E-state index contributed by atoms with van der Waals surface area (Å²) in [6.07, 6.45) is 5.11. The predicted octanol–water partition coefficient (Wildman–Crippen LogP) is 0.982. The summed E-state index contributed by atoms with van der Waals surface area (Å²) in [7, 11) is 1.78. The van der Waals surface area contributed by atoms with E-state index in [0.717, 1.165) is 63.5 Å². The topological polar surface area (TPSA) is 76.2 Å². The van der Waals surface area contributed by atoms with E-state index in [4.69, 9.17) is 0 Å². The molecule has 0 saturated carbocycles. The Hall–Kier alpha value is -1.79. The number of aliphatic imine (C=N–C) groups is 1. The van der Waals surface area contributed by atoms with Gasteiger partial charge in [-0.05, 0) is 31.6 Å². The summed E-state index contributed by atoms with van der Waals surface area (Å²) in [5.74, 6) is 2.45. The van der Waals surface area contributed by atoms with Crippen LogP contribution in [0, 0.1) is 5.92 Å². The van der Waals surface area contributed by atoms with Crippen molar-refractivity contribution in [2.45, 2.75) is 59.0 Å². The second kappa shape index (κ2) is 8.74. The molecule has 0 aromatic carbocycles. The van der Waals surface area contributed by atoms with Gasteiger partial charge in [-0.25, -0.2) is 9.48 Å². The quantitative estimate of drug-likeness (QED) is 0.446. The molecule has 0 aliphatic carbocycles. The van der Waals surface area contributed by atoms with Gasteiger partial charge in [-0.1, -0.05) is 13.8 Å². The molecule has 0 bridgehead atoms. The molecule has 0 spiro atoms. The molecule has 7 nitrogen and oxygen atoms in total. The number of rotatable bonds is 7. The monoisotopic (exact) mass is 322 g/mol. The Balaban J connectivity index is 1.72. The van der Waals surface area contributed by atoms with Crippen LogP contribution >= 0.6 is 0 Å². The maximum absolute atomic E-state index is 12.2. The summed E-state index contributed by atoms with van der Waals surface area (Å²) < 4.78 is 3.43. The summed E-state index contributed by atoms with van der Waals surface area (Å²) in [4.78, 5) is 16.4. The zero-order chi connectivity index (χ0) is 16.7. The smallest absolute Gasteiger partial charge is 0.345 e. The predicted molar refractivity (Wildman–Crippen MR) is 92.9 cm³/mol. The van der Waals surface area contributed by atoms with Crippen molar-refractivity contribution in [3.8, 4) is 0 Å². The van der Waals surface area contributed by atoms with Crippen LogP contribution in [0.4, 0.5) is 0 Å². The molecule has 0 fully saturated rings. The van der Waals surface area contributed by atoms with Crippen molar-refractivity contribution in [1.82, 2.24) is 25.0 Å². The molecule has 23 heavy (non-hydrogen) atoms. The fourth-order valence-corrected chi connectivity index (χ4v) is 2.73. The molecule has 0 radical (unpaired) electrons. The lowest BCUT2D eigenvalue weighted by Gasteiger charge is -2.12. The zero-order valence-corrected chi connectivity index (χ0v) is 14.6. The molecule has 0 unspecified atom stereocenters. The molecule has 0 atom stereocenters. The first kappa shape index (κ1) is 17.6. The third-order valence-electron chi connectivity index (χ3n) is 4.11. The van der Waals surface area contributed by atoms with Gasteiger partial charge in [0.2, 0.25) is 0 Å². The summed E-state index contributed by atoms with van der Waals surface area (Å²) >= 11 is 0. The van der Waals surface area contributed by atoms with E-state index in [1.165, 1.54) is 0 Å². The lowest BCUT2D eigenvalue weighted by atomic mass is 10.1. The van der Waals surface area contributed by atoms with E-state index in [0.29, 0.717) is 12.5 Å². The first-order valence-corrected chi connectivity index (χ1v) is 8.73. The summed E-state index contributed by atoms with van der Waals surface area (Å²) in [5.41, 5.74) is 0.0409. The normalized spacial score (nSPS) is 14.9. The average molecular weight is 322 g/mol. The van der Waals surface area contributed by atoms with Crippen LogP contribution in [0.2, 0.25) is 0 Å². The van der Waals surface area contributed by atoms with Gasteiger partial charge in [-0.3, -0.25) is 9.56 Å². The highest BCUT2D eigenvalue weighted by Gasteiger charge is 2.16. The van der Waals surface area contributed by atoms with E-state index >= 15 is 0 Å². The van der Waals surface area contributed by atoms with E-state index in [1.54, 1.807) is 11.7 Å². The summed E-state index contributed by atoms with van der Waals surface area (Å²) in [6.45, 7) is 7.58.